The Morgan fingerprint density at radius 3 is 2.26 bits per heavy atom. The van der Waals surface area contributed by atoms with Crippen LogP contribution in [0.3, 0.4) is 0 Å². The Hall–Kier alpha value is -0.0800. The molecule has 2 saturated carbocycles. The molecular formula is C17H34N2. The quantitative estimate of drug-likeness (QED) is 0.781. The van der Waals surface area contributed by atoms with Gasteiger partial charge in [-0.3, -0.25) is 4.90 Å². The molecule has 2 aliphatic carbocycles. The standard InChI is InChI=1S/C17H34N2/c1-4-19(15-8-5-6-9-15)17(14-18)11-7-10-16(2,3)12-13-17/h15H,4-14,18H2,1-3H3. The molecule has 19 heavy (non-hydrogen) atoms. The summed E-state index contributed by atoms with van der Waals surface area (Å²) in [4.78, 5) is 2.81. The van der Waals surface area contributed by atoms with Crippen molar-refractivity contribution in [3.05, 3.63) is 0 Å². The van der Waals surface area contributed by atoms with Crippen molar-refractivity contribution in [3.8, 4) is 0 Å². The topological polar surface area (TPSA) is 29.3 Å². The maximum Gasteiger partial charge on any atom is 0.0334 e. The Morgan fingerprint density at radius 2 is 1.68 bits per heavy atom. The molecule has 0 radical (unpaired) electrons. The fraction of sp³-hybridized carbons (Fsp3) is 1.00. The molecule has 2 aliphatic rings. The van der Waals surface area contributed by atoms with Crippen LogP contribution in [0.5, 0.6) is 0 Å². The van der Waals surface area contributed by atoms with E-state index in [-0.39, 0.29) is 0 Å². The third-order valence-corrected chi connectivity index (χ3v) is 5.86. The number of rotatable bonds is 4. The average Bonchev–Trinajstić information content (AvgIpc) is 2.84. The lowest BCUT2D eigenvalue weighted by Gasteiger charge is -2.46. The Bertz CT molecular complexity index is 281. The highest BCUT2D eigenvalue weighted by molar-refractivity contribution is 4.98. The second kappa shape index (κ2) is 6.13. The highest BCUT2D eigenvalue weighted by atomic mass is 15.2. The predicted octanol–water partition coefficient (Wildman–Crippen LogP) is 3.94. The van der Waals surface area contributed by atoms with Crippen molar-refractivity contribution in [3.63, 3.8) is 0 Å². The van der Waals surface area contributed by atoms with E-state index in [0.717, 1.165) is 12.6 Å². The zero-order valence-electron chi connectivity index (χ0n) is 13.4. The summed E-state index contributed by atoms with van der Waals surface area (Å²) in [5.74, 6) is 0. The fourth-order valence-electron chi connectivity index (χ4n) is 4.52. The zero-order valence-corrected chi connectivity index (χ0v) is 13.4. The van der Waals surface area contributed by atoms with E-state index in [0.29, 0.717) is 11.0 Å². The molecule has 2 nitrogen and oxygen atoms in total. The van der Waals surface area contributed by atoms with Gasteiger partial charge in [-0.1, -0.05) is 40.0 Å². The van der Waals surface area contributed by atoms with Gasteiger partial charge in [0.25, 0.3) is 0 Å². The van der Waals surface area contributed by atoms with Gasteiger partial charge in [0.05, 0.1) is 0 Å². The Labute approximate surface area is 120 Å². The molecule has 112 valence electrons. The maximum atomic E-state index is 6.30. The molecule has 2 fully saturated rings. The Morgan fingerprint density at radius 1 is 1.00 bits per heavy atom. The van der Waals surface area contributed by atoms with Crippen molar-refractivity contribution in [2.45, 2.75) is 90.1 Å². The molecule has 2 N–H and O–H groups in total. The summed E-state index contributed by atoms with van der Waals surface area (Å²) in [5, 5.41) is 0. The van der Waals surface area contributed by atoms with E-state index in [1.807, 2.05) is 0 Å². The van der Waals surface area contributed by atoms with E-state index in [1.54, 1.807) is 0 Å². The lowest BCUT2D eigenvalue weighted by molar-refractivity contribution is 0.0397. The van der Waals surface area contributed by atoms with Crippen molar-refractivity contribution in [1.82, 2.24) is 4.90 Å². The summed E-state index contributed by atoms with van der Waals surface area (Å²) in [6, 6.07) is 0.815. The van der Waals surface area contributed by atoms with Crippen LogP contribution in [0.25, 0.3) is 0 Å². The Kier molecular flexibility index (Phi) is 4.94. The van der Waals surface area contributed by atoms with E-state index >= 15 is 0 Å². The van der Waals surface area contributed by atoms with E-state index in [1.165, 1.54) is 64.3 Å². The summed E-state index contributed by atoms with van der Waals surface area (Å²) in [6.07, 6.45) is 12.3. The van der Waals surface area contributed by atoms with Crippen LogP contribution in [0.2, 0.25) is 0 Å². The smallest absolute Gasteiger partial charge is 0.0334 e. The first kappa shape index (κ1) is 15.3. The van der Waals surface area contributed by atoms with Gasteiger partial charge in [-0.2, -0.15) is 0 Å². The number of nitrogens with two attached hydrogens (primary N) is 1. The summed E-state index contributed by atoms with van der Waals surface area (Å²) < 4.78 is 0. The molecule has 0 aromatic carbocycles. The maximum absolute atomic E-state index is 6.30. The van der Waals surface area contributed by atoms with Crippen LogP contribution in [0.1, 0.15) is 78.6 Å². The first-order chi connectivity index (χ1) is 9.03. The van der Waals surface area contributed by atoms with E-state index in [2.05, 4.69) is 25.7 Å². The molecular weight excluding hydrogens is 232 g/mol. The molecule has 0 amide bonds. The predicted molar refractivity (Wildman–Crippen MR) is 83.3 cm³/mol. The van der Waals surface area contributed by atoms with Crippen LogP contribution in [-0.4, -0.2) is 29.6 Å². The van der Waals surface area contributed by atoms with E-state index in [4.69, 9.17) is 5.73 Å². The number of hydrogen-bond acceptors (Lipinski definition) is 2. The molecule has 2 heteroatoms. The van der Waals surface area contributed by atoms with Gasteiger partial charge in [0.1, 0.15) is 0 Å². The highest BCUT2D eigenvalue weighted by Gasteiger charge is 2.41. The lowest BCUT2D eigenvalue weighted by Crippen LogP contribution is -2.57. The minimum absolute atomic E-state index is 0.303. The molecule has 0 aromatic heterocycles. The molecule has 1 atom stereocenters. The minimum Gasteiger partial charge on any atom is -0.329 e. The molecule has 0 bridgehead atoms. The van der Waals surface area contributed by atoms with Gasteiger partial charge in [0.15, 0.2) is 0 Å². The van der Waals surface area contributed by atoms with Crippen molar-refractivity contribution in [1.29, 1.82) is 0 Å². The molecule has 1 unspecified atom stereocenters. The van der Waals surface area contributed by atoms with Crippen LogP contribution >= 0.6 is 0 Å². The first-order valence-electron chi connectivity index (χ1n) is 8.50. The molecule has 0 aromatic rings. The van der Waals surface area contributed by atoms with Crippen molar-refractivity contribution in [2.24, 2.45) is 11.1 Å². The largest absolute Gasteiger partial charge is 0.329 e. The Balaban J connectivity index is 2.14. The summed E-state index contributed by atoms with van der Waals surface area (Å²) >= 11 is 0. The van der Waals surface area contributed by atoms with Gasteiger partial charge in [-0.05, 0) is 50.5 Å². The van der Waals surface area contributed by atoms with Gasteiger partial charge in [-0.25, -0.2) is 0 Å². The normalized spacial score (nSPS) is 32.7. The third kappa shape index (κ3) is 3.33. The van der Waals surface area contributed by atoms with Crippen LogP contribution in [-0.2, 0) is 0 Å². The van der Waals surface area contributed by atoms with Gasteiger partial charge in [-0.15, -0.1) is 0 Å². The monoisotopic (exact) mass is 266 g/mol. The van der Waals surface area contributed by atoms with Gasteiger partial charge >= 0.3 is 0 Å². The number of hydrogen-bond donors (Lipinski definition) is 1. The van der Waals surface area contributed by atoms with Crippen LogP contribution < -0.4 is 5.73 Å². The molecule has 0 aliphatic heterocycles. The SMILES string of the molecule is CCN(C1CCCC1)C1(CN)CCCC(C)(C)CC1. The van der Waals surface area contributed by atoms with Gasteiger partial charge < -0.3 is 5.73 Å². The minimum atomic E-state index is 0.303. The molecule has 2 rings (SSSR count). The highest BCUT2D eigenvalue weighted by Crippen LogP contribution is 2.42. The molecule has 0 spiro atoms. The van der Waals surface area contributed by atoms with Crippen LogP contribution in [0.4, 0.5) is 0 Å². The molecule has 0 saturated heterocycles. The second-order valence-electron chi connectivity index (χ2n) is 7.67. The zero-order chi connectivity index (χ0) is 13.9. The van der Waals surface area contributed by atoms with Crippen LogP contribution in [0, 0.1) is 5.41 Å². The number of nitrogens with zero attached hydrogens (tertiary/aromatic N) is 1. The van der Waals surface area contributed by atoms with Crippen molar-refractivity contribution < 1.29 is 0 Å². The third-order valence-electron chi connectivity index (χ3n) is 5.86. The summed E-state index contributed by atoms with van der Waals surface area (Å²) in [5.41, 5.74) is 7.12. The second-order valence-corrected chi connectivity index (χ2v) is 7.67. The summed E-state index contributed by atoms with van der Waals surface area (Å²) in [6.45, 7) is 9.25. The van der Waals surface area contributed by atoms with Crippen molar-refractivity contribution in [2.75, 3.05) is 13.1 Å². The fourth-order valence-corrected chi connectivity index (χ4v) is 4.52. The number of likely N-dealkylation sites (N-methyl/N-ethyl adjacent to an activating group) is 1. The molecule has 0 heterocycles. The average molecular weight is 266 g/mol. The summed E-state index contributed by atoms with van der Waals surface area (Å²) in [7, 11) is 0. The van der Waals surface area contributed by atoms with Gasteiger partial charge in [0.2, 0.25) is 0 Å². The van der Waals surface area contributed by atoms with Gasteiger partial charge in [0, 0.05) is 18.1 Å². The van der Waals surface area contributed by atoms with E-state index < -0.39 is 0 Å². The first-order valence-corrected chi connectivity index (χ1v) is 8.50. The van der Waals surface area contributed by atoms with Crippen molar-refractivity contribution >= 4 is 0 Å². The van der Waals surface area contributed by atoms with E-state index in [9.17, 15) is 0 Å². The van der Waals surface area contributed by atoms with Crippen LogP contribution in [0.15, 0.2) is 0 Å². The lowest BCUT2D eigenvalue weighted by atomic mass is 9.82.